The van der Waals surface area contributed by atoms with E-state index in [2.05, 4.69) is 4.98 Å². The Hall–Kier alpha value is -1.61. The second-order valence-corrected chi connectivity index (χ2v) is 4.31. The number of ether oxygens (including phenoxy) is 1. The third-order valence-electron chi connectivity index (χ3n) is 2.78. The maximum atomic E-state index is 13.3. The number of halogens is 2. The molecule has 0 spiro atoms. The second-order valence-electron chi connectivity index (χ2n) is 3.95. The van der Waals surface area contributed by atoms with Crippen molar-refractivity contribution in [2.75, 3.05) is 7.11 Å². The van der Waals surface area contributed by atoms with Crippen molar-refractivity contribution in [2.24, 2.45) is 0 Å². The molecule has 0 bridgehead atoms. The molecule has 2 nitrogen and oxygen atoms in total. The van der Waals surface area contributed by atoms with Gasteiger partial charge in [-0.2, -0.15) is 0 Å². The molecule has 0 saturated heterocycles. The molecule has 0 radical (unpaired) electrons. The van der Waals surface area contributed by atoms with Gasteiger partial charge < -0.3 is 4.74 Å². The lowest BCUT2D eigenvalue weighted by Gasteiger charge is -2.17. The smallest absolute Gasteiger partial charge is 0.136 e. The Labute approximate surface area is 110 Å². The normalized spacial score (nSPS) is 19.1. The first-order valence-electron chi connectivity index (χ1n) is 5.59. The zero-order chi connectivity index (χ0) is 13.0. The number of hydrogen-bond donors (Lipinski definition) is 0. The Balaban J connectivity index is 2.38. The van der Waals surface area contributed by atoms with E-state index in [1.54, 1.807) is 25.5 Å². The molecule has 4 heteroatoms. The fraction of sp³-hybridized carbons (Fsp3) is 0.214. The Bertz CT molecular complexity index is 523. The van der Waals surface area contributed by atoms with Gasteiger partial charge in [-0.3, -0.25) is 0 Å². The highest BCUT2D eigenvalue weighted by molar-refractivity contribution is 6.31. The molecule has 1 unspecified atom stereocenters. The number of nitrogens with zero attached hydrogens (tertiary/aromatic N) is 1. The Morgan fingerprint density at radius 3 is 3.11 bits per heavy atom. The van der Waals surface area contributed by atoms with E-state index in [1.165, 1.54) is 12.3 Å². The minimum atomic E-state index is -0.128. The Morgan fingerprint density at radius 1 is 1.56 bits per heavy atom. The summed E-state index contributed by atoms with van der Waals surface area (Å²) in [5.41, 5.74) is 1.72. The van der Waals surface area contributed by atoms with Crippen LogP contribution in [0.3, 0.4) is 0 Å². The molecule has 0 saturated carbocycles. The zero-order valence-electron chi connectivity index (χ0n) is 9.94. The molecule has 2 rings (SSSR count). The topological polar surface area (TPSA) is 22.1 Å². The van der Waals surface area contributed by atoms with Gasteiger partial charge >= 0.3 is 0 Å². The predicted molar refractivity (Wildman–Crippen MR) is 71.0 cm³/mol. The SMILES string of the molecule is CO/C=C/c1c(C2C=CC=C(F)C2)ccnc1Cl. The predicted octanol–water partition coefficient (Wildman–Crippen LogP) is 4.25. The summed E-state index contributed by atoms with van der Waals surface area (Å²) in [7, 11) is 1.56. The first kappa shape index (κ1) is 12.8. The number of rotatable bonds is 3. The summed E-state index contributed by atoms with van der Waals surface area (Å²) < 4.78 is 18.2. The van der Waals surface area contributed by atoms with Crippen LogP contribution in [-0.2, 0) is 4.74 Å². The van der Waals surface area contributed by atoms with E-state index >= 15 is 0 Å². The molecule has 0 N–H and O–H groups in total. The summed E-state index contributed by atoms with van der Waals surface area (Å²) in [5, 5.41) is 0.393. The van der Waals surface area contributed by atoms with Crippen molar-refractivity contribution in [3.63, 3.8) is 0 Å². The summed E-state index contributed by atoms with van der Waals surface area (Å²) in [4.78, 5) is 4.03. The molecule has 1 atom stereocenters. The lowest BCUT2D eigenvalue weighted by molar-refractivity contribution is 0.341. The molecule has 1 aromatic rings. The van der Waals surface area contributed by atoms with Crippen LogP contribution in [0.2, 0.25) is 5.15 Å². The number of methoxy groups -OCH3 is 1. The maximum Gasteiger partial charge on any atom is 0.136 e. The standard InChI is InChI=1S/C14H13ClFNO/c1-18-8-6-13-12(5-7-17-14(13)15)10-3-2-4-11(16)9-10/h2-8,10H,9H2,1H3/b8-6+. The van der Waals surface area contributed by atoms with Gasteiger partial charge in [-0.15, -0.1) is 0 Å². The second kappa shape index (κ2) is 5.83. The van der Waals surface area contributed by atoms with Crippen LogP contribution in [0.1, 0.15) is 23.5 Å². The summed E-state index contributed by atoms with van der Waals surface area (Å²) in [6, 6.07) is 1.86. The molecule has 18 heavy (non-hydrogen) atoms. The quantitative estimate of drug-likeness (QED) is 0.602. The van der Waals surface area contributed by atoms with Gasteiger partial charge in [0, 0.05) is 24.1 Å². The minimum Gasteiger partial charge on any atom is -0.504 e. The summed E-state index contributed by atoms with van der Waals surface area (Å²) in [6.45, 7) is 0. The van der Waals surface area contributed by atoms with Gasteiger partial charge in [-0.25, -0.2) is 9.37 Å². The van der Waals surface area contributed by atoms with Crippen molar-refractivity contribution >= 4 is 17.7 Å². The van der Waals surface area contributed by atoms with E-state index in [-0.39, 0.29) is 11.7 Å². The van der Waals surface area contributed by atoms with Crippen LogP contribution in [0, 0.1) is 0 Å². The number of aromatic nitrogens is 1. The zero-order valence-corrected chi connectivity index (χ0v) is 10.7. The van der Waals surface area contributed by atoms with Gasteiger partial charge in [0.05, 0.1) is 13.4 Å². The van der Waals surface area contributed by atoms with E-state index in [0.29, 0.717) is 11.6 Å². The van der Waals surface area contributed by atoms with Gasteiger partial charge in [-0.05, 0) is 23.8 Å². The summed E-state index contributed by atoms with van der Waals surface area (Å²) in [5.74, 6) is -0.149. The highest BCUT2D eigenvalue weighted by Gasteiger charge is 2.17. The van der Waals surface area contributed by atoms with Crippen molar-refractivity contribution < 1.29 is 9.13 Å². The number of pyridine rings is 1. The summed E-state index contributed by atoms with van der Waals surface area (Å²) >= 11 is 6.07. The third-order valence-corrected chi connectivity index (χ3v) is 3.08. The average molecular weight is 266 g/mol. The first-order valence-corrected chi connectivity index (χ1v) is 5.96. The monoisotopic (exact) mass is 265 g/mol. The first-order chi connectivity index (χ1) is 8.72. The molecular formula is C14H13ClFNO. The minimum absolute atomic E-state index is 0.0213. The van der Waals surface area contributed by atoms with Crippen LogP contribution in [0.5, 0.6) is 0 Å². The fourth-order valence-corrected chi connectivity index (χ4v) is 2.17. The average Bonchev–Trinajstić information content (AvgIpc) is 2.37. The van der Waals surface area contributed by atoms with Crippen LogP contribution in [0.25, 0.3) is 6.08 Å². The molecule has 1 heterocycles. The van der Waals surface area contributed by atoms with E-state index in [9.17, 15) is 4.39 Å². The highest BCUT2D eigenvalue weighted by Crippen LogP contribution is 2.33. The van der Waals surface area contributed by atoms with Crippen LogP contribution < -0.4 is 0 Å². The lowest BCUT2D eigenvalue weighted by atomic mass is 9.89. The Kier molecular flexibility index (Phi) is 4.15. The van der Waals surface area contributed by atoms with Crippen molar-refractivity contribution in [2.45, 2.75) is 12.3 Å². The Morgan fingerprint density at radius 2 is 2.39 bits per heavy atom. The molecule has 1 aromatic heterocycles. The van der Waals surface area contributed by atoms with Crippen LogP contribution in [0.4, 0.5) is 4.39 Å². The fourth-order valence-electron chi connectivity index (χ4n) is 1.94. The largest absolute Gasteiger partial charge is 0.504 e. The van der Waals surface area contributed by atoms with E-state index in [1.807, 2.05) is 12.1 Å². The van der Waals surface area contributed by atoms with Gasteiger partial charge in [0.2, 0.25) is 0 Å². The van der Waals surface area contributed by atoms with Crippen molar-refractivity contribution in [1.82, 2.24) is 4.98 Å². The van der Waals surface area contributed by atoms with Crippen LogP contribution >= 0.6 is 11.6 Å². The van der Waals surface area contributed by atoms with Crippen molar-refractivity contribution in [1.29, 1.82) is 0 Å². The van der Waals surface area contributed by atoms with E-state index in [0.717, 1.165) is 11.1 Å². The van der Waals surface area contributed by atoms with E-state index in [4.69, 9.17) is 16.3 Å². The van der Waals surface area contributed by atoms with Gasteiger partial charge in [0.25, 0.3) is 0 Å². The third kappa shape index (κ3) is 2.79. The highest BCUT2D eigenvalue weighted by atomic mass is 35.5. The van der Waals surface area contributed by atoms with Gasteiger partial charge in [0.15, 0.2) is 0 Å². The van der Waals surface area contributed by atoms with E-state index < -0.39 is 0 Å². The molecular weight excluding hydrogens is 253 g/mol. The molecule has 0 aliphatic heterocycles. The van der Waals surface area contributed by atoms with Crippen LogP contribution in [-0.4, -0.2) is 12.1 Å². The van der Waals surface area contributed by atoms with Crippen molar-refractivity contribution in [3.8, 4) is 0 Å². The summed E-state index contributed by atoms with van der Waals surface area (Å²) in [6.07, 6.45) is 10.4. The van der Waals surface area contributed by atoms with Crippen molar-refractivity contribution in [3.05, 3.63) is 58.9 Å². The molecule has 94 valence electrons. The van der Waals surface area contributed by atoms with Crippen LogP contribution in [0.15, 0.2) is 42.6 Å². The molecule has 1 aliphatic rings. The molecule has 1 aliphatic carbocycles. The maximum absolute atomic E-state index is 13.3. The number of hydrogen-bond acceptors (Lipinski definition) is 2. The molecule has 0 fully saturated rings. The van der Waals surface area contributed by atoms with Gasteiger partial charge in [0.1, 0.15) is 11.0 Å². The lowest BCUT2D eigenvalue weighted by Crippen LogP contribution is -2.02. The van der Waals surface area contributed by atoms with Gasteiger partial charge in [-0.1, -0.05) is 23.8 Å². The number of allylic oxidation sites excluding steroid dienone is 4. The molecule has 0 aromatic carbocycles. The molecule has 0 amide bonds.